The van der Waals surface area contributed by atoms with E-state index >= 15 is 0 Å². The molecule has 4 heteroatoms. The van der Waals surface area contributed by atoms with E-state index in [1.54, 1.807) is 0 Å². The average molecular weight is 791 g/mol. The number of hydrogen-bond acceptors (Lipinski definition) is 4. The van der Waals surface area contributed by atoms with Gasteiger partial charge in [0.15, 0.2) is 0 Å². The highest BCUT2D eigenvalue weighted by molar-refractivity contribution is 6.25. The molecular formula is C58H38N4. The van der Waals surface area contributed by atoms with Crippen molar-refractivity contribution in [2.24, 2.45) is 0 Å². The Balaban J connectivity index is 1.15. The van der Waals surface area contributed by atoms with Gasteiger partial charge in [-0.05, 0) is 106 Å². The highest BCUT2D eigenvalue weighted by Gasteiger charge is 2.43. The van der Waals surface area contributed by atoms with Crippen LogP contribution in [0.4, 0.5) is 34.1 Å². The molecule has 0 saturated heterocycles. The van der Waals surface area contributed by atoms with Crippen LogP contribution >= 0.6 is 0 Å². The van der Waals surface area contributed by atoms with Crippen LogP contribution in [-0.2, 0) is 0 Å². The van der Waals surface area contributed by atoms with Gasteiger partial charge in [0, 0.05) is 44.3 Å². The van der Waals surface area contributed by atoms with Crippen molar-refractivity contribution in [2.45, 2.75) is 11.8 Å². The first-order chi connectivity index (χ1) is 30.8. The molecule has 14 rings (SSSR count). The summed E-state index contributed by atoms with van der Waals surface area (Å²) in [5.74, 6) is 0.110. The maximum Gasteiger partial charge on any atom is 0.0897 e. The minimum atomic E-state index is 0.0550. The minimum absolute atomic E-state index is 0.0550. The molecule has 0 unspecified atom stereocenters. The van der Waals surface area contributed by atoms with E-state index in [4.69, 9.17) is 9.97 Å². The molecule has 0 radical (unpaired) electrons. The third kappa shape index (κ3) is 5.20. The van der Waals surface area contributed by atoms with Gasteiger partial charge in [0.2, 0.25) is 0 Å². The van der Waals surface area contributed by atoms with Crippen LogP contribution in [0.3, 0.4) is 0 Å². The van der Waals surface area contributed by atoms with Crippen molar-refractivity contribution >= 4 is 77.5 Å². The second kappa shape index (κ2) is 13.7. The number of hydrogen-bond donors (Lipinski definition) is 0. The SMILES string of the molecule is c1ccc(N(c2ccccc2)c2c3ccccc3c(N(c3ccccc3)c3ccccc3)c3cc4cc5nc6c(nc5cc4cc23)C2c3ccccc3C6c3ccccc32)cc1. The predicted octanol–water partition coefficient (Wildman–Crippen LogP) is 15.0. The average Bonchev–Trinajstić information content (AvgIpc) is 3.34. The van der Waals surface area contributed by atoms with E-state index in [2.05, 4.69) is 228 Å². The van der Waals surface area contributed by atoms with Gasteiger partial charge in [-0.1, -0.05) is 146 Å². The lowest BCUT2D eigenvalue weighted by Gasteiger charge is -2.40. The molecule has 4 nitrogen and oxygen atoms in total. The number of fused-ring (bicyclic) bond motifs is 4. The van der Waals surface area contributed by atoms with Crippen molar-refractivity contribution in [3.63, 3.8) is 0 Å². The first-order valence-electron chi connectivity index (χ1n) is 21.4. The molecule has 3 aliphatic rings. The normalized spacial score (nSPS) is 14.8. The Morgan fingerprint density at radius 3 is 0.903 bits per heavy atom. The Morgan fingerprint density at radius 1 is 0.290 bits per heavy atom. The zero-order valence-corrected chi connectivity index (χ0v) is 33.7. The summed E-state index contributed by atoms with van der Waals surface area (Å²) in [4.78, 5) is 16.0. The van der Waals surface area contributed by atoms with Gasteiger partial charge in [-0.25, -0.2) is 9.97 Å². The van der Waals surface area contributed by atoms with E-state index in [1.165, 1.54) is 22.3 Å². The van der Waals surface area contributed by atoms with E-state index in [0.717, 1.165) is 88.9 Å². The van der Waals surface area contributed by atoms with Crippen molar-refractivity contribution in [1.29, 1.82) is 0 Å². The van der Waals surface area contributed by atoms with Crippen LogP contribution in [0.5, 0.6) is 0 Å². The van der Waals surface area contributed by atoms with Crippen LogP contribution in [0.25, 0.3) is 43.4 Å². The van der Waals surface area contributed by atoms with Gasteiger partial charge in [-0.15, -0.1) is 0 Å². The standard InChI is InChI=1S/C58H38N4/c1-5-19-39(20-6-1)61(40-21-7-2-8-22-40)57-47-31-17-18-32-48(47)58(62(41-23-9-3-10-24-41)42-25-11-4-12-26-42)50-34-38-36-52-51(35-37(38)33-49(50)57)59-55-53-43-27-13-15-29-45(43)54(56(55)60-52)46-30-16-14-28-44(46)53/h1-36,53-54H. The van der Waals surface area contributed by atoms with E-state index < -0.39 is 0 Å². The van der Waals surface area contributed by atoms with Crippen molar-refractivity contribution in [3.05, 3.63) is 252 Å². The number of benzene rings is 10. The summed E-state index contributed by atoms with van der Waals surface area (Å²) in [6.07, 6.45) is 0. The lowest BCUT2D eigenvalue weighted by Crippen LogP contribution is -2.29. The highest BCUT2D eigenvalue weighted by atomic mass is 15.2. The molecular weight excluding hydrogens is 753 g/mol. The summed E-state index contributed by atoms with van der Waals surface area (Å²) in [6.45, 7) is 0. The molecule has 0 atom stereocenters. The molecule has 290 valence electrons. The molecule has 3 aliphatic carbocycles. The molecule has 1 heterocycles. The second-order valence-electron chi connectivity index (χ2n) is 16.5. The topological polar surface area (TPSA) is 32.3 Å². The molecule has 1 aromatic heterocycles. The maximum absolute atomic E-state index is 5.57. The first-order valence-corrected chi connectivity index (χ1v) is 21.4. The fourth-order valence-corrected chi connectivity index (χ4v) is 10.5. The number of para-hydroxylation sites is 4. The number of rotatable bonds is 6. The molecule has 10 aromatic carbocycles. The van der Waals surface area contributed by atoms with Crippen molar-refractivity contribution in [1.82, 2.24) is 9.97 Å². The molecule has 2 bridgehead atoms. The number of anilines is 6. The molecule has 0 fully saturated rings. The van der Waals surface area contributed by atoms with Crippen LogP contribution < -0.4 is 9.80 Å². The Hall–Kier alpha value is -8.08. The van der Waals surface area contributed by atoms with Crippen LogP contribution in [0.2, 0.25) is 0 Å². The molecule has 0 saturated carbocycles. The van der Waals surface area contributed by atoms with Crippen LogP contribution in [0, 0.1) is 0 Å². The van der Waals surface area contributed by atoms with Gasteiger partial charge in [0.05, 0.1) is 45.6 Å². The number of nitrogens with zero attached hydrogens (tertiary/aromatic N) is 4. The Kier molecular flexibility index (Phi) is 7.70. The molecule has 62 heavy (non-hydrogen) atoms. The number of aromatic nitrogens is 2. The summed E-state index contributed by atoms with van der Waals surface area (Å²) < 4.78 is 0. The molecule has 0 N–H and O–H groups in total. The summed E-state index contributed by atoms with van der Waals surface area (Å²) in [6, 6.07) is 79.1. The van der Waals surface area contributed by atoms with Gasteiger partial charge >= 0.3 is 0 Å². The Morgan fingerprint density at radius 2 is 0.581 bits per heavy atom. The van der Waals surface area contributed by atoms with Crippen LogP contribution in [-0.4, -0.2) is 9.97 Å². The quantitative estimate of drug-likeness (QED) is 0.124. The molecule has 0 aliphatic heterocycles. The van der Waals surface area contributed by atoms with E-state index in [1.807, 2.05) is 0 Å². The monoisotopic (exact) mass is 790 g/mol. The van der Waals surface area contributed by atoms with Crippen LogP contribution in [0.1, 0.15) is 45.5 Å². The van der Waals surface area contributed by atoms with Gasteiger partial charge in [-0.3, -0.25) is 0 Å². The van der Waals surface area contributed by atoms with E-state index in [0.29, 0.717) is 0 Å². The third-order valence-electron chi connectivity index (χ3n) is 13.0. The van der Waals surface area contributed by atoms with Gasteiger partial charge < -0.3 is 9.80 Å². The van der Waals surface area contributed by atoms with Gasteiger partial charge in [0.25, 0.3) is 0 Å². The van der Waals surface area contributed by atoms with Crippen molar-refractivity contribution in [2.75, 3.05) is 9.80 Å². The Labute approximate surface area is 359 Å². The zero-order chi connectivity index (χ0) is 40.7. The summed E-state index contributed by atoms with van der Waals surface area (Å²) in [7, 11) is 0. The smallest absolute Gasteiger partial charge is 0.0897 e. The molecule has 11 aromatic rings. The van der Waals surface area contributed by atoms with Gasteiger partial charge in [-0.2, -0.15) is 0 Å². The van der Waals surface area contributed by atoms with Crippen molar-refractivity contribution in [3.8, 4) is 0 Å². The summed E-state index contributed by atoms with van der Waals surface area (Å²) in [5, 5.41) is 6.83. The fourth-order valence-electron chi connectivity index (χ4n) is 10.5. The molecule has 0 spiro atoms. The van der Waals surface area contributed by atoms with E-state index in [-0.39, 0.29) is 11.8 Å². The summed E-state index contributed by atoms with van der Waals surface area (Å²) >= 11 is 0. The van der Waals surface area contributed by atoms with Crippen LogP contribution in [0.15, 0.2) is 218 Å². The lowest BCUT2D eigenvalue weighted by atomic mass is 9.64. The third-order valence-corrected chi connectivity index (χ3v) is 13.0. The highest BCUT2D eigenvalue weighted by Crippen LogP contribution is 2.55. The fraction of sp³-hybridized carbons (Fsp3) is 0.0345. The maximum atomic E-state index is 5.57. The molecule has 0 amide bonds. The lowest BCUT2D eigenvalue weighted by molar-refractivity contribution is 0.709. The largest absolute Gasteiger partial charge is 0.309 e. The predicted molar refractivity (Wildman–Crippen MR) is 256 cm³/mol. The van der Waals surface area contributed by atoms with E-state index in [9.17, 15) is 0 Å². The first kappa shape index (κ1) is 34.8. The minimum Gasteiger partial charge on any atom is -0.309 e. The second-order valence-corrected chi connectivity index (χ2v) is 16.5. The zero-order valence-electron chi connectivity index (χ0n) is 33.7. The van der Waals surface area contributed by atoms with Crippen molar-refractivity contribution < 1.29 is 0 Å². The Bertz CT molecular complexity index is 3170. The van der Waals surface area contributed by atoms with Gasteiger partial charge in [0.1, 0.15) is 0 Å². The summed E-state index contributed by atoms with van der Waals surface area (Å²) in [5.41, 5.74) is 16.0.